The first-order chi connectivity index (χ1) is 10.2. The van der Waals surface area contributed by atoms with E-state index in [1.54, 1.807) is 31.7 Å². The van der Waals surface area contributed by atoms with Gasteiger partial charge in [-0.2, -0.15) is 0 Å². The molecule has 0 fully saturated rings. The molecule has 1 atom stereocenters. The van der Waals surface area contributed by atoms with Gasteiger partial charge >= 0.3 is 0 Å². The number of anilines is 1. The zero-order chi connectivity index (χ0) is 15.1. The number of benzene rings is 1. The number of carbonyl (C=O) groups is 1. The number of rotatable bonds is 6. The molecule has 110 valence electrons. The maximum atomic E-state index is 11.2. The van der Waals surface area contributed by atoms with E-state index in [1.807, 2.05) is 25.1 Å². The van der Waals surface area contributed by atoms with Crippen LogP contribution in [0.25, 0.3) is 0 Å². The molecule has 0 bridgehead atoms. The van der Waals surface area contributed by atoms with E-state index in [9.17, 15) is 4.79 Å². The van der Waals surface area contributed by atoms with Crippen LogP contribution in [0, 0.1) is 0 Å². The van der Waals surface area contributed by atoms with E-state index in [0.29, 0.717) is 5.75 Å². The van der Waals surface area contributed by atoms with Crippen LogP contribution >= 0.6 is 0 Å². The van der Waals surface area contributed by atoms with Gasteiger partial charge in [-0.15, -0.1) is 0 Å². The topological polar surface area (TPSA) is 76.1 Å². The molecule has 0 spiro atoms. The second-order valence-corrected chi connectivity index (χ2v) is 4.49. The molecule has 2 rings (SSSR count). The molecule has 0 aliphatic carbocycles. The molecule has 21 heavy (non-hydrogen) atoms. The summed E-state index contributed by atoms with van der Waals surface area (Å²) >= 11 is 0. The van der Waals surface area contributed by atoms with Crippen LogP contribution in [0.4, 0.5) is 5.69 Å². The van der Waals surface area contributed by atoms with Crippen LogP contribution in [-0.4, -0.2) is 29.5 Å². The molecule has 0 radical (unpaired) electrons. The number of ether oxygens (including phenoxy) is 1. The highest BCUT2D eigenvalue weighted by molar-refractivity contribution is 5.77. The number of carbonyl (C=O) groups excluding carboxylic acids is 1. The third-order valence-electron chi connectivity index (χ3n) is 2.89. The molecule has 2 aromatic rings. The van der Waals surface area contributed by atoms with Crippen molar-refractivity contribution >= 4 is 11.6 Å². The van der Waals surface area contributed by atoms with Crippen molar-refractivity contribution in [3.05, 3.63) is 48.5 Å². The first-order valence-electron chi connectivity index (χ1n) is 6.65. The number of nitrogens with one attached hydrogen (secondary N) is 2. The van der Waals surface area contributed by atoms with Gasteiger partial charge < -0.3 is 15.4 Å². The van der Waals surface area contributed by atoms with E-state index >= 15 is 0 Å². The Bertz CT molecular complexity index is 589. The molecule has 0 saturated heterocycles. The minimum absolute atomic E-state index is 0.000330. The molecule has 2 N–H and O–H groups in total. The summed E-state index contributed by atoms with van der Waals surface area (Å²) in [7, 11) is 1.58. The Morgan fingerprint density at radius 3 is 2.95 bits per heavy atom. The van der Waals surface area contributed by atoms with Crippen LogP contribution < -0.4 is 15.4 Å². The summed E-state index contributed by atoms with van der Waals surface area (Å²) in [6, 6.07) is 7.47. The maximum Gasteiger partial charge on any atom is 0.257 e. The number of aromatic nitrogens is 2. The van der Waals surface area contributed by atoms with Gasteiger partial charge in [-0.05, 0) is 19.1 Å². The smallest absolute Gasteiger partial charge is 0.257 e. The molecule has 0 saturated carbocycles. The van der Waals surface area contributed by atoms with Gasteiger partial charge in [0, 0.05) is 31.2 Å². The summed E-state index contributed by atoms with van der Waals surface area (Å²) in [5.41, 5.74) is 1.75. The van der Waals surface area contributed by atoms with Gasteiger partial charge in [0.2, 0.25) is 0 Å². The van der Waals surface area contributed by atoms with Gasteiger partial charge in [0.15, 0.2) is 6.61 Å². The van der Waals surface area contributed by atoms with Crippen molar-refractivity contribution in [1.82, 2.24) is 15.3 Å². The largest absolute Gasteiger partial charge is 0.484 e. The molecule has 1 amide bonds. The molecule has 0 aliphatic heterocycles. The van der Waals surface area contributed by atoms with E-state index < -0.39 is 0 Å². The molecule has 1 heterocycles. The minimum Gasteiger partial charge on any atom is -0.484 e. The number of nitrogens with zero attached hydrogens (tertiary/aromatic N) is 2. The number of amides is 1. The number of likely N-dealkylation sites (N-methyl/N-ethyl adjacent to an activating group) is 1. The monoisotopic (exact) mass is 286 g/mol. The summed E-state index contributed by atoms with van der Waals surface area (Å²) in [4.78, 5) is 19.5. The van der Waals surface area contributed by atoms with Crippen LogP contribution in [0.2, 0.25) is 0 Å². The van der Waals surface area contributed by atoms with Gasteiger partial charge in [0.1, 0.15) is 5.75 Å². The lowest BCUT2D eigenvalue weighted by atomic mass is 10.2. The molecule has 0 aliphatic rings. The van der Waals surface area contributed by atoms with Gasteiger partial charge in [-0.1, -0.05) is 6.07 Å². The average Bonchev–Trinajstić information content (AvgIpc) is 2.53. The van der Waals surface area contributed by atoms with Crippen LogP contribution in [-0.2, 0) is 4.79 Å². The van der Waals surface area contributed by atoms with Gasteiger partial charge in [0.25, 0.3) is 5.91 Å². The zero-order valence-electron chi connectivity index (χ0n) is 12.0. The fourth-order valence-electron chi connectivity index (χ4n) is 1.75. The summed E-state index contributed by atoms with van der Waals surface area (Å²) in [5, 5.41) is 5.83. The lowest BCUT2D eigenvalue weighted by molar-refractivity contribution is -0.122. The molecule has 1 unspecified atom stereocenters. The predicted octanol–water partition coefficient (Wildman–Crippen LogP) is 1.77. The molecule has 1 aromatic heterocycles. The first kappa shape index (κ1) is 14.8. The third kappa shape index (κ3) is 4.45. The normalized spacial score (nSPS) is 11.5. The lowest BCUT2D eigenvalue weighted by Gasteiger charge is -2.15. The van der Waals surface area contributed by atoms with Gasteiger partial charge in [0.05, 0.1) is 17.9 Å². The molecular formula is C15H18N4O2. The molecule has 6 heteroatoms. The molecule has 1 aromatic carbocycles. The van der Waals surface area contributed by atoms with Crippen molar-refractivity contribution in [2.45, 2.75) is 13.0 Å². The highest BCUT2D eigenvalue weighted by atomic mass is 16.5. The average molecular weight is 286 g/mol. The second kappa shape index (κ2) is 7.23. The maximum absolute atomic E-state index is 11.2. The van der Waals surface area contributed by atoms with Crippen molar-refractivity contribution < 1.29 is 9.53 Å². The van der Waals surface area contributed by atoms with E-state index in [0.717, 1.165) is 11.4 Å². The zero-order valence-corrected chi connectivity index (χ0v) is 12.0. The fraction of sp³-hybridized carbons (Fsp3) is 0.267. The summed E-state index contributed by atoms with van der Waals surface area (Å²) in [6.07, 6.45) is 5.03. The molecule has 6 nitrogen and oxygen atoms in total. The van der Waals surface area contributed by atoms with Crippen molar-refractivity contribution in [3.8, 4) is 5.75 Å². The van der Waals surface area contributed by atoms with Crippen molar-refractivity contribution in [3.63, 3.8) is 0 Å². The number of hydrogen-bond donors (Lipinski definition) is 2. The van der Waals surface area contributed by atoms with Crippen LogP contribution in [0.3, 0.4) is 0 Å². The van der Waals surface area contributed by atoms with E-state index in [2.05, 4.69) is 20.6 Å². The van der Waals surface area contributed by atoms with Crippen LogP contribution in [0.1, 0.15) is 18.7 Å². The molecular weight excluding hydrogens is 268 g/mol. The Morgan fingerprint density at radius 1 is 1.38 bits per heavy atom. The summed E-state index contributed by atoms with van der Waals surface area (Å²) < 4.78 is 5.41. The Morgan fingerprint density at radius 2 is 2.24 bits per heavy atom. The SMILES string of the molecule is CNC(=O)COc1cccc(NC(C)c2cnccn2)c1. The summed E-state index contributed by atoms with van der Waals surface area (Å²) in [6.45, 7) is 2.00. The van der Waals surface area contributed by atoms with E-state index in [-0.39, 0.29) is 18.6 Å². The number of hydrogen-bond acceptors (Lipinski definition) is 5. The van der Waals surface area contributed by atoms with Crippen LogP contribution in [0.5, 0.6) is 5.75 Å². The highest BCUT2D eigenvalue weighted by Gasteiger charge is 2.07. The van der Waals surface area contributed by atoms with E-state index in [4.69, 9.17) is 4.74 Å². The standard InChI is InChI=1S/C15H18N4O2/c1-11(14-9-17-6-7-18-14)19-12-4-3-5-13(8-12)21-10-15(20)16-2/h3-9,11,19H,10H2,1-2H3,(H,16,20). The Hall–Kier alpha value is -2.63. The fourth-order valence-corrected chi connectivity index (χ4v) is 1.75. The van der Waals surface area contributed by atoms with Crippen molar-refractivity contribution in [1.29, 1.82) is 0 Å². The van der Waals surface area contributed by atoms with Gasteiger partial charge in [-0.25, -0.2) is 0 Å². The van der Waals surface area contributed by atoms with Crippen molar-refractivity contribution in [2.24, 2.45) is 0 Å². The third-order valence-corrected chi connectivity index (χ3v) is 2.89. The Kier molecular flexibility index (Phi) is 5.09. The van der Waals surface area contributed by atoms with Crippen molar-refractivity contribution in [2.75, 3.05) is 19.0 Å². The predicted molar refractivity (Wildman–Crippen MR) is 80.1 cm³/mol. The Balaban J connectivity index is 1.99. The first-order valence-corrected chi connectivity index (χ1v) is 6.65. The highest BCUT2D eigenvalue weighted by Crippen LogP contribution is 2.21. The van der Waals surface area contributed by atoms with Gasteiger partial charge in [-0.3, -0.25) is 14.8 Å². The summed E-state index contributed by atoms with van der Waals surface area (Å²) in [5.74, 6) is 0.469. The minimum atomic E-state index is -0.165. The lowest BCUT2D eigenvalue weighted by Crippen LogP contribution is -2.24. The quantitative estimate of drug-likeness (QED) is 0.846. The van der Waals surface area contributed by atoms with Crippen LogP contribution in [0.15, 0.2) is 42.9 Å². The Labute approximate surface area is 123 Å². The van der Waals surface area contributed by atoms with E-state index in [1.165, 1.54) is 0 Å². The second-order valence-electron chi connectivity index (χ2n) is 4.49.